The van der Waals surface area contributed by atoms with Gasteiger partial charge < -0.3 is 9.32 Å². The second kappa shape index (κ2) is 8.61. The minimum absolute atomic E-state index is 0.0932. The van der Waals surface area contributed by atoms with Crippen molar-refractivity contribution in [3.63, 3.8) is 0 Å². The Balaban J connectivity index is 1.30. The third-order valence-corrected chi connectivity index (χ3v) is 6.18. The van der Waals surface area contributed by atoms with Gasteiger partial charge in [0.1, 0.15) is 5.69 Å². The van der Waals surface area contributed by atoms with Crippen LogP contribution in [-0.2, 0) is 13.0 Å². The first-order valence-corrected chi connectivity index (χ1v) is 11.3. The molecule has 0 radical (unpaired) electrons. The molecule has 4 aromatic rings. The highest BCUT2D eigenvalue weighted by atomic mass is 35.5. The minimum Gasteiger partial charge on any atom is -0.419 e. The van der Waals surface area contributed by atoms with Crippen LogP contribution in [0.1, 0.15) is 39.8 Å². The van der Waals surface area contributed by atoms with Gasteiger partial charge in [0, 0.05) is 28.4 Å². The molecule has 2 heterocycles. The molecule has 1 fully saturated rings. The van der Waals surface area contributed by atoms with Gasteiger partial charge in [0.2, 0.25) is 11.8 Å². The van der Waals surface area contributed by atoms with Crippen molar-refractivity contribution >= 4 is 28.8 Å². The van der Waals surface area contributed by atoms with Crippen molar-refractivity contribution in [1.29, 1.82) is 0 Å². The fraction of sp³-hybridized carbons (Fsp3) is 0.217. The number of aromatic nitrogens is 3. The Hall–Kier alpha value is -3.03. The average Bonchev–Trinajstić information content (AvgIpc) is 3.34. The van der Waals surface area contributed by atoms with Gasteiger partial charge in [0.05, 0.1) is 11.6 Å². The monoisotopic (exact) mass is 450 g/mol. The summed E-state index contributed by atoms with van der Waals surface area (Å²) in [5, 5.41) is 11.7. The number of hydrogen-bond acceptors (Lipinski definition) is 6. The van der Waals surface area contributed by atoms with Crippen molar-refractivity contribution in [2.75, 3.05) is 0 Å². The highest BCUT2D eigenvalue weighted by molar-refractivity contribution is 7.09. The molecular formula is C23H19ClN4O2S. The van der Waals surface area contributed by atoms with Crippen LogP contribution in [0.15, 0.2) is 64.4 Å². The van der Waals surface area contributed by atoms with E-state index in [1.165, 1.54) is 16.9 Å². The van der Waals surface area contributed by atoms with Crippen LogP contribution < -0.4 is 0 Å². The molecular weight excluding hydrogens is 432 g/mol. The summed E-state index contributed by atoms with van der Waals surface area (Å²) in [6.45, 7) is 0.273. The molecule has 2 aromatic heterocycles. The molecule has 0 N–H and O–H groups in total. The molecule has 0 aliphatic heterocycles. The predicted molar refractivity (Wildman–Crippen MR) is 119 cm³/mol. The van der Waals surface area contributed by atoms with Crippen molar-refractivity contribution in [1.82, 2.24) is 20.1 Å². The molecule has 0 saturated heterocycles. The summed E-state index contributed by atoms with van der Waals surface area (Å²) < 4.78 is 5.81. The van der Waals surface area contributed by atoms with Crippen molar-refractivity contribution in [2.45, 2.75) is 31.8 Å². The Morgan fingerprint density at radius 1 is 1.10 bits per heavy atom. The number of hydrogen-bond donors (Lipinski definition) is 0. The molecule has 156 valence electrons. The first-order valence-electron chi connectivity index (χ1n) is 10.0. The number of thiazole rings is 1. The normalized spacial score (nSPS) is 13.3. The van der Waals surface area contributed by atoms with E-state index in [1.54, 1.807) is 17.0 Å². The number of nitrogens with zero attached hydrogens (tertiary/aromatic N) is 4. The molecule has 6 nitrogen and oxygen atoms in total. The molecule has 5 rings (SSSR count). The van der Waals surface area contributed by atoms with Gasteiger partial charge in [0.15, 0.2) is 0 Å². The van der Waals surface area contributed by atoms with E-state index in [1.807, 2.05) is 35.7 Å². The zero-order valence-electron chi connectivity index (χ0n) is 16.6. The third-order valence-electron chi connectivity index (χ3n) is 5.08. The van der Waals surface area contributed by atoms with E-state index >= 15 is 0 Å². The summed E-state index contributed by atoms with van der Waals surface area (Å²) >= 11 is 7.45. The smallest absolute Gasteiger partial charge is 0.274 e. The lowest BCUT2D eigenvalue weighted by atomic mass is 10.2. The Labute approximate surface area is 188 Å². The number of amides is 1. The van der Waals surface area contributed by atoms with Crippen LogP contribution >= 0.6 is 22.9 Å². The minimum atomic E-state index is -0.0932. The molecule has 2 aromatic carbocycles. The summed E-state index contributed by atoms with van der Waals surface area (Å²) in [6, 6.07) is 17.5. The zero-order valence-corrected chi connectivity index (χ0v) is 18.1. The Kier molecular flexibility index (Phi) is 5.53. The maximum atomic E-state index is 13.2. The van der Waals surface area contributed by atoms with E-state index in [0.29, 0.717) is 22.5 Å². The lowest BCUT2D eigenvalue weighted by Crippen LogP contribution is -2.33. The van der Waals surface area contributed by atoms with Crippen LogP contribution in [0.25, 0.3) is 11.5 Å². The number of carbonyl (C=O) groups is 1. The summed E-state index contributed by atoms with van der Waals surface area (Å²) in [5.41, 5.74) is 2.44. The van der Waals surface area contributed by atoms with Crippen LogP contribution in [0.3, 0.4) is 0 Å². The number of benzene rings is 2. The molecule has 1 aliphatic rings. The molecule has 8 heteroatoms. The van der Waals surface area contributed by atoms with Crippen LogP contribution in [0.4, 0.5) is 0 Å². The maximum absolute atomic E-state index is 13.2. The lowest BCUT2D eigenvalue weighted by molar-refractivity contribution is 0.0709. The first-order chi connectivity index (χ1) is 15.2. The maximum Gasteiger partial charge on any atom is 0.274 e. The van der Waals surface area contributed by atoms with E-state index in [0.717, 1.165) is 29.8 Å². The highest BCUT2D eigenvalue weighted by Crippen LogP contribution is 2.30. The third kappa shape index (κ3) is 4.68. The summed E-state index contributed by atoms with van der Waals surface area (Å²) in [5.74, 6) is 0.725. The predicted octanol–water partition coefficient (Wildman–Crippen LogP) is 5.24. The van der Waals surface area contributed by atoms with Gasteiger partial charge in [-0.1, -0.05) is 41.9 Å². The molecule has 1 amide bonds. The van der Waals surface area contributed by atoms with Crippen molar-refractivity contribution < 1.29 is 9.21 Å². The van der Waals surface area contributed by atoms with Gasteiger partial charge in [-0.15, -0.1) is 21.5 Å². The molecule has 31 heavy (non-hydrogen) atoms. The molecule has 0 atom stereocenters. The largest absolute Gasteiger partial charge is 0.419 e. The van der Waals surface area contributed by atoms with Gasteiger partial charge in [-0.3, -0.25) is 4.79 Å². The van der Waals surface area contributed by atoms with E-state index in [9.17, 15) is 4.79 Å². The summed E-state index contributed by atoms with van der Waals surface area (Å²) in [4.78, 5) is 19.6. The van der Waals surface area contributed by atoms with Crippen molar-refractivity contribution in [2.24, 2.45) is 0 Å². The van der Waals surface area contributed by atoms with Crippen LogP contribution in [0.2, 0.25) is 5.02 Å². The second-order valence-corrected chi connectivity index (χ2v) is 8.84. The topological polar surface area (TPSA) is 72.1 Å². The molecule has 0 unspecified atom stereocenters. The Morgan fingerprint density at radius 3 is 2.61 bits per heavy atom. The van der Waals surface area contributed by atoms with Crippen LogP contribution in [-0.4, -0.2) is 32.0 Å². The number of halogens is 1. The second-order valence-electron chi connectivity index (χ2n) is 7.46. The summed E-state index contributed by atoms with van der Waals surface area (Å²) in [7, 11) is 0. The standard InChI is InChI=1S/C23H19ClN4O2S/c24-17-8-6-16(7-9-17)22-27-26-20(30-22)13-28(18-10-11-18)23(29)19-14-31-21(25-19)12-15-4-2-1-3-5-15/h1-9,14,18H,10-13H2. The molecule has 1 aliphatic carbocycles. The van der Waals surface area contributed by atoms with Gasteiger partial charge in [-0.2, -0.15) is 0 Å². The fourth-order valence-electron chi connectivity index (χ4n) is 3.33. The number of rotatable bonds is 7. The van der Waals surface area contributed by atoms with Gasteiger partial charge in [-0.25, -0.2) is 4.98 Å². The molecule has 0 bridgehead atoms. The van der Waals surface area contributed by atoms with E-state index in [2.05, 4.69) is 27.3 Å². The van der Waals surface area contributed by atoms with Crippen LogP contribution in [0.5, 0.6) is 0 Å². The van der Waals surface area contributed by atoms with Crippen molar-refractivity contribution in [3.05, 3.63) is 87.2 Å². The number of carbonyl (C=O) groups excluding carboxylic acids is 1. The van der Waals surface area contributed by atoms with E-state index < -0.39 is 0 Å². The fourth-order valence-corrected chi connectivity index (χ4v) is 4.26. The Bertz CT molecular complexity index is 1190. The van der Waals surface area contributed by atoms with E-state index in [-0.39, 0.29) is 18.5 Å². The van der Waals surface area contributed by atoms with Crippen molar-refractivity contribution in [3.8, 4) is 11.5 Å². The summed E-state index contributed by atoms with van der Waals surface area (Å²) in [6.07, 6.45) is 2.67. The van der Waals surface area contributed by atoms with Crippen LogP contribution in [0, 0.1) is 0 Å². The first kappa shape index (κ1) is 19.9. The zero-order chi connectivity index (χ0) is 21.2. The Morgan fingerprint density at radius 2 is 1.87 bits per heavy atom. The van der Waals surface area contributed by atoms with Gasteiger partial charge in [-0.05, 0) is 42.7 Å². The highest BCUT2D eigenvalue weighted by Gasteiger charge is 2.35. The SMILES string of the molecule is O=C(c1csc(Cc2ccccc2)n1)N(Cc1nnc(-c2ccc(Cl)cc2)o1)C1CC1. The quantitative estimate of drug-likeness (QED) is 0.385. The lowest BCUT2D eigenvalue weighted by Gasteiger charge is -2.19. The molecule has 1 saturated carbocycles. The van der Waals surface area contributed by atoms with Gasteiger partial charge >= 0.3 is 0 Å². The average molecular weight is 451 g/mol. The van der Waals surface area contributed by atoms with Gasteiger partial charge in [0.25, 0.3) is 5.91 Å². The van der Waals surface area contributed by atoms with E-state index in [4.69, 9.17) is 16.0 Å². The molecule has 0 spiro atoms.